The summed E-state index contributed by atoms with van der Waals surface area (Å²) < 4.78 is 6.31. The van der Waals surface area contributed by atoms with Crippen LogP contribution in [-0.2, 0) is 12.8 Å². The molecule has 2 rings (SSSR count). The molecule has 106 valence electrons. The lowest BCUT2D eigenvalue weighted by atomic mass is 10.1. The van der Waals surface area contributed by atoms with Gasteiger partial charge in [0.25, 0.3) is 0 Å². The number of nitrogens with zero attached hydrogens (tertiary/aromatic N) is 2. The minimum absolute atomic E-state index is 0.652. The molecule has 0 radical (unpaired) electrons. The summed E-state index contributed by atoms with van der Waals surface area (Å²) in [7, 11) is 3.54. The zero-order valence-electron chi connectivity index (χ0n) is 11.9. The Bertz CT molecular complexity index is 576. The summed E-state index contributed by atoms with van der Waals surface area (Å²) in [6.07, 6.45) is 1.51. The van der Waals surface area contributed by atoms with E-state index in [4.69, 9.17) is 4.74 Å². The van der Waals surface area contributed by atoms with Crippen LogP contribution in [0.5, 0.6) is 5.75 Å². The summed E-state index contributed by atoms with van der Waals surface area (Å²) in [5.74, 6) is 2.48. The predicted octanol–water partition coefficient (Wildman–Crippen LogP) is 3.44. The predicted molar refractivity (Wildman–Crippen MR) is 84.5 cm³/mol. The Morgan fingerprint density at radius 1 is 1.25 bits per heavy atom. The topological polar surface area (TPSA) is 47.0 Å². The molecule has 1 heterocycles. The molecule has 0 aliphatic heterocycles. The van der Waals surface area contributed by atoms with E-state index in [0.717, 1.165) is 39.5 Å². The van der Waals surface area contributed by atoms with Gasteiger partial charge in [-0.15, -0.1) is 0 Å². The second kappa shape index (κ2) is 6.70. The molecule has 0 bridgehead atoms. The highest BCUT2D eigenvalue weighted by molar-refractivity contribution is 9.10. The smallest absolute Gasteiger partial charge is 0.144 e. The number of hydrogen-bond donors (Lipinski definition) is 1. The number of anilines is 1. The molecular weight excluding hydrogens is 318 g/mol. The number of aromatic nitrogens is 2. The quantitative estimate of drug-likeness (QED) is 0.909. The monoisotopic (exact) mass is 335 g/mol. The number of aryl methyl sites for hydroxylation is 1. The molecule has 0 unspecified atom stereocenters. The molecule has 0 saturated heterocycles. The van der Waals surface area contributed by atoms with Gasteiger partial charge >= 0.3 is 0 Å². The van der Waals surface area contributed by atoms with Gasteiger partial charge in [0.05, 0.1) is 17.3 Å². The van der Waals surface area contributed by atoms with E-state index in [0.29, 0.717) is 6.42 Å². The van der Waals surface area contributed by atoms with Crippen LogP contribution in [0, 0.1) is 0 Å². The van der Waals surface area contributed by atoms with E-state index in [1.165, 1.54) is 0 Å². The van der Waals surface area contributed by atoms with Crippen molar-refractivity contribution in [3.63, 3.8) is 0 Å². The van der Waals surface area contributed by atoms with Gasteiger partial charge in [-0.3, -0.25) is 0 Å². The molecule has 1 aromatic carbocycles. The van der Waals surface area contributed by atoms with Crippen LogP contribution in [0.25, 0.3) is 0 Å². The highest BCUT2D eigenvalue weighted by Gasteiger charge is 2.12. The van der Waals surface area contributed by atoms with E-state index in [1.54, 1.807) is 7.11 Å². The number of ether oxygens (including phenoxy) is 1. The zero-order valence-corrected chi connectivity index (χ0v) is 13.5. The first-order valence-corrected chi connectivity index (χ1v) is 7.33. The third-order valence-corrected chi connectivity index (χ3v) is 3.91. The van der Waals surface area contributed by atoms with Crippen molar-refractivity contribution >= 4 is 21.7 Å². The number of nitrogens with one attached hydrogen (secondary N) is 1. The van der Waals surface area contributed by atoms with Gasteiger partial charge in [0.2, 0.25) is 0 Å². The standard InChI is InChI=1S/C15H18BrN3O/c1-4-11-14(16)15(17-2)19-13(18-11)9-10-7-5-6-8-12(10)20-3/h5-8H,4,9H2,1-3H3,(H,17,18,19). The number of para-hydroxylation sites is 1. The minimum Gasteiger partial charge on any atom is -0.496 e. The van der Waals surface area contributed by atoms with Crippen molar-refractivity contribution in [2.45, 2.75) is 19.8 Å². The summed E-state index contributed by atoms with van der Waals surface area (Å²) >= 11 is 3.54. The van der Waals surface area contributed by atoms with Gasteiger partial charge in [0.15, 0.2) is 0 Å². The molecule has 0 aliphatic rings. The second-order valence-corrected chi connectivity index (χ2v) is 5.13. The number of rotatable bonds is 5. The summed E-state index contributed by atoms with van der Waals surface area (Å²) in [6, 6.07) is 7.94. The first-order chi connectivity index (χ1) is 9.69. The van der Waals surface area contributed by atoms with Gasteiger partial charge in [-0.25, -0.2) is 9.97 Å². The van der Waals surface area contributed by atoms with Gasteiger partial charge < -0.3 is 10.1 Å². The average Bonchev–Trinajstić information content (AvgIpc) is 2.49. The Kier molecular flexibility index (Phi) is 4.95. The van der Waals surface area contributed by atoms with Crippen molar-refractivity contribution in [2.24, 2.45) is 0 Å². The first-order valence-electron chi connectivity index (χ1n) is 6.54. The fourth-order valence-corrected chi connectivity index (χ4v) is 2.70. The summed E-state index contributed by atoms with van der Waals surface area (Å²) in [5, 5.41) is 3.10. The van der Waals surface area contributed by atoms with Crippen molar-refractivity contribution < 1.29 is 4.74 Å². The molecule has 20 heavy (non-hydrogen) atoms. The lowest BCUT2D eigenvalue weighted by Gasteiger charge is -2.11. The lowest BCUT2D eigenvalue weighted by molar-refractivity contribution is 0.410. The van der Waals surface area contributed by atoms with E-state index in [9.17, 15) is 0 Å². The SMILES string of the molecule is CCc1nc(Cc2ccccc2OC)nc(NC)c1Br. The number of benzene rings is 1. The molecule has 0 atom stereocenters. The van der Waals surface area contributed by atoms with Crippen LogP contribution in [0.2, 0.25) is 0 Å². The molecule has 2 aromatic rings. The molecule has 1 aromatic heterocycles. The van der Waals surface area contributed by atoms with Crippen LogP contribution < -0.4 is 10.1 Å². The van der Waals surface area contributed by atoms with Gasteiger partial charge in [0.1, 0.15) is 17.4 Å². The molecule has 1 N–H and O–H groups in total. The van der Waals surface area contributed by atoms with Gasteiger partial charge in [-0.2, -0.15) is 0 Å². The maximum atomic E-state index is 5.37. The van der Waals surface area contributed by atoms with E-state index < -0.39 is 0 Å². The van der Waals surface area contributed by atoms with Crippen molar-refractivity contribution in [1.29, 1.82) is 0 Å². The summed E-state index contributed by atoms with van der Waals surface area (Å²) in [5.41, 5.74) is 2.09. The fourth-order valence-electron chi connectivity index (χ4n) is 2.04. The molecule has 0 aliphatic carbocycles. The van der Waals surface area contributed by atoms with E-state index >= 15 is 0 Å². The Balaban J connectivity index is 2.38. The van der Waals surface area contributed by atoms with Crippen molar-refractivity contribution in [3.8, 4) is 5.75 Å². The van der Waals surface area contributed by atoms with Crippen LogP contribution in [0.1, 0.15) is 24.0 Å². The maximum Gasteiger partial charge on any atom is 0.144 e. The summed E-state index contributed by atoms with van der Waals surface area (Å²) in [4.78, 5) is 9.16. The fraction of sp³-hybridized carbons (Fsp3) is 0.333. The first kappa shape index (κ1) is 14.8. The van der Waals surface area contributed by atoms with Crippen LogP contribution in [0.4, 0.5) is 5.82 Å². The summed E-state index contributed by atoms with van der Waals surface area (Å²) in [6.45, 7) is 2.08. The zero-order chi connectivity index (χ0) is 14.5. The molecule has 0 fully saturated rings. The highest BCUT2D eigenvalue weighted by atomic mass is 79.9. The van der Waals surface area contributed by atoms with Gasteiger partial charge in [-0.05, 0) is 28.4 Å². The molecule has 0 saturated carbocycles. The highest BCUT2D eigenvalue weighted by Crippen LogP contribution is 2.26. The van der Waals surface area contributed by atoms with Crippen molar-refractivity contribution in [2.75, 3.05) is 19.5 Å². The molecule has 0 spiro atoms. The Morgan fingerprint density at radius 3 is 2.65 bits per heavy atom. The van der Waals surface area contributed by atoms with E-state index in [1.807, 2.05) is 31.3 Å². The third-order valence-electron chi connectivity index (χ3n) is 3.08. The molecule has 4 nitrogen and oxygen atoms in total. The van der Waals surface area contributed by atoms with Crippen molar-refractivity contribution in [3.05, 3.63) is 45.8 Å². The molecular formula is C15H18BrN3O. The maximum absolute atomic E-state index is 5.37. The number of halogens is 1. The lowest BCUT2D eigenvalue weighted by Crippen LogP contribution is -2.06. The number of methoxy groups -OCH3 is 1. The Morgan fingerprint density at radius 2 is 2.00 bits per heavy atom. The molecule has 5 heteroatoms. The largest absolute Gasteiger partial charge is 0.496 e. The van der Waals surface area contributed by atoms with Crippen LogP contribution in [0.3, 0.4) is 0 Å². The van der Waals surface area contributed by atoms with Crippen molar-refractivity contribution in [1.82, 2.24) is 9.97 Å². The number of hydrogen-bond acceptors (Lipinski definition) is 4. The normalized spacial score (nSPS) is 10.4. The van der Waals surface area contributed by atoms with E-state index in [2.05, 4.69) is 38.1 Å². The van der Waals surface area contributed by atoms with E-state index in [-0.39, 0.29) is 0 Å². The minimum atomic E-state index is 0.652. The van der Waals surface area contributed by atoms with Gasteiger partial charge in [0, 0.05) is 19.0 Å². The van der Waals surface area contributed by atoms with Crippen LogP contribution in [0.15, 0.2) is 28.7 Å². The van der Waals surface area contributed by atoms with Gasteiger partial charge in [-0.1, -0.05) is 25.1 Å². The Hall–Kier alpha value is -1.62. The van der Waals surface area contributed by atoms with Crippen LogP contribution >= 0.6 is 15.9 Å². The molecule has 0 amide bonds. The third kappa shape index (κ3) is 3.10. The average molecular weight is 336 g/mol. The Labute approximate surface area is 127 Å². The second-order valence-electron chi connectivity index (χ2n) is 4.34. The van der Waals surface area contributed by atoms with Crippen LogP contribution in [-0.4, -0.2) is 24.1 Å².